The van der Waals surface area contributed by atoms with Crippen LogP contribution in [0.4, 0.5) is 0 Å². The molecule has 0 saturated heterocycles. The van der Waals surface area contributed by atoms with E-state index in [1.807, 2.05) is 19.9 Å². The molecule has 2 N–H and O–H groups in total. The van der Waals surface area contributed by atoms with Crippen LogP contribution in [0.2, 0.25) is 0 Å². The van der Waals surface area contributed by atoms with Crippen LogP contribution in [-0.4, -0.2) is 16.2 Å². The predicted molar refractivity (Wildman–Crippen MR) is 90.8 cm³/mol. The van der Waals surface area contributed by atoms with Crippen LogP contribution in [0.15, 0.2) is 12.1 Å². The maximum Gasteiger partial charge on any atom is 0.339 e. The summed E-state index contributed by atoms with van der Waals surface area (Å²) in [5.74, 6) is -0.106. The lowest BCUT2D eigenvalue weighted by Gasteiger charge is -2.13. The molecule has 0 aliphatic rings. The second kappa shape index (κ2) is 8.82. The number of carbonyl (C=O) groups is 1. The van der Waals surface area contributed by atoms with Crippen LogP contribution in [0.5, 0.6) is 5.75 Å². The molecule has 0 saturated carbocycles. The third kappa shape index (κ3) is 5.70. The number of benzene rings is 1. The normalized spacial score (nSPS) is 11.4. The van der Waals surface area contributed by atoms with Gasteiger partial charge in [-0.25, -0.2) is 4.79 Å². The van der Waals surface area contributed by atoms with E-state index < -0.39 is 5.97 Å². The Hall–Kier alpha value is -1.51. The first-order valence-electron chi connectivity index (χ1n) is 8.42. The molecular weight excluding hydrogens is 276 g/mol. The molecule has 124 valence electrons. The largest absolute Gasteiger partial charge is 0.507 e. The lowest BCUT2D eigenvalue weighted by Crippen LogP contribution is -2.03. The fraction of sp³-hybridized carbons (Fsp3) is 0.632. The van der Waals surface area contributed by atoms with E-state index in [4.69, 9.17) is 0 Å². The van der Waals surface area contributed by atoms with Crippen LogP contribution >= 0.6 is 0 Å². The van der Waals surface area contributed by atoms with Gasteiger partial charge in [-0.05, 0) is 41.9 Å². The van der Waals surface area contributed by atoms with Gasteiger partial charge in [-0.1, -0.05) is 59.4 Å². The Morgan fingerprint density at radius 1 is 1.05 bits per heavy atom. The Morgan fingerprint density at radius 2 is 1.68 bits per heavy atom. The standard InChI is InChI=1S/C19H30O3/c1-13(2)9-7-5-6-8-10-15-11-16(14(3)4)12-17(18(15)20)19(21)22/h11-14,20H,5-10H2,1-4H3,(H,21,22). The highest BCUT2D eigenvalue weighted by molar-refractivity contribution is 5.91. The Labute approximate surface area is 134 Å². The highest BCUT2D eigenvalue weighted by Crippen LogP contribution is 2.29. The average Bonchev–Trinajstić information content (AvgIpc) is 2.43. The average molecular weight is 306 g/mol. The van der Waals surface area contributed by atoms with Crippen molar-refractivity contribution < 1.29 is 15.0 Å². The summed E-state index contributed by atoms with van der Waals surface area (Å²) in [7, 11) is 0. The van der Waals surface area contributed by atoms with Crippen molar-refractivity contribution in [2.75, 3.05) is 0 Å². The topological polar surface area (TPSA) is 57.5 Å². The highest BCUT2D eigenvalue weighted by Gasteiger charge is 2.16. The number of unbranched alkanes of at least 4 members (excludes halogenated alkanes) is 3. The molecule has 0 radical (unpaired) electrons. The minimum Gasteiger partial charge on any atom is -0.507 e. The van der Waals surface area contributed by atoms with Gasteiger partial charge in [0.2, 0.25) is 0 Å². The summed E-state index contributed by atoms with van der Waals surface area (Å²) >= 11 is 0. The number of aryl methyl sites for hydroxylation is 1. The molecule has 3 heteroatoms. The molecule has 0 fully saturated rings. The highest BCUT2D eigenvalue weighted by atomic mass is 16.4. The van der Waals surface area contributed by atoms with Crippen molar-refractivity contribution in [3.63, 3.8) is 0 Å². The van der Waals surface area contributed by atoms with Gasteiger partial charge in [0, 0.05) is 0 Å². The maximum absolute atomic E-state index is 11.3. The molecular formula is C19H30O3. The van der Waals surface area contributed by atoms with E-state index in [-0.39, 0.29) is 17.2 Å². The number of rotatable bonds is 9. The van der Waals surface area contributed by atoms with Crippen LogP contribution in [0, 0.1) is 5.92 Å². The van der Waals surface area contributed by atoms with Gasteiger partial charge in [-0.2, -0.15) is 0 Å². The SMILES string of the molecule is CC(C)CCCCCCc1cc(C(C)C)cc(C(=O)O)c1O. The van der Waals surface area contributed by atoms with Gasteiger partial charge in [0.05, 0.1) is 0 Å². The first-order chi connectivity index (χ1) is 10.3. The van der Waals surface area contributed by atoms with Crippen molar-refractivity contribution in [3.05, 3.63) is 28.8 Å². The number of aromatic hydroxyl groups is 1. The summed E-state index contributed by atoms with van der Waals surface area (Å²) in [4.78, 5) is 11.3. The summed E-state index contributed by atoms with van der Waals surface area (Å²) in [6, 6.07) is 3.55. The quantitative estimate of drug-likeness (QED) is 0.603. The molecule has 1 aromatic carbocycles. The fourth-order valence-corrected chi connectivity index (χ4v) is 2.63. The first kappa shape index (κ1) is 18.5. The minimum absolute atomic E-state index is 0.0287. The molecule has 1 aromatic rings. The Balaban J connectivity index is 2.67. The molecule has 0 spiro atoms. The smallest absolute Gasteiger partial charge is 0.339 e. The van der Waals surface area contributed by atoms with Crippen LogP contribution in [0.25, 0.3) is 0 Å². The van der Waals surface area contributed by atoms with E-state index in [1.54, 1.807) is 6.07 Å². The van der Waals surface area contributed by atoms with Crippen molar-refractivity contribution in [1.82, 2.24) is 0 Å². The van der Waals surface area contributed by atoms with E-state index in [2.05, 4.69) is 13.8 Å². The third-order valence-corrected chi connectivity index (χ3v) is 4.09. The zero-order valence-corrected chi connectivity index (χ0v) is 14.4. The molecule has 0 bridgehead atoms. The van der Waals surface area contributed by atoms with Crippen molar-refractivity contribution in [2.24, 2.45) is 5.92 Å². The van der Waals surface area contributed by atoms with E-state index in [0.717, 1.165) is 36.3 Å². The minimum atomic E-state index is -1.06. The number of hydrogen-bond acceptors (Lipinski definition) is 2. The number of carboxylic acids is 1. The maximum atomic E-state index is 11.3. The van der Waals surface area contributed by atoms with Gasteiger partial charge < -0.3 is 10.2 Å². The molecule has 1 rings (SSSR count). The van der Waals surface area contributed by atoms with E-state index >= 15 is 0 Å². The van der Waals surface area contributed by atoms with Gasteiger partial charge in [-0.3, -0.25) is 0 Å². The molecule has 0 aliphatic heterocycles. The summed E-state index contributed by atoms with van der Waals surface area (Å²) in [6.07, 6.45) is 6.57. The van der Waals surface area contributed by atoms with E-state index in [1.165, 1.54) is 19.3 Å². The fourth-order valence-electron chi connectivity index (χ4n) is 2.63. The number of hydrogen-bond donors (Lipinski definition) is 2. The molecule has 0 unspecified atom stereocenters. The summed E-state index contributed by atoms with van der Waals surface area (Å²) < 4.78 is 0. The lowest BCUT2D eigenvalue weighted by molar-refractivity contribution is 0.0693. The Bertz CT molecular complexity index is 490. The summed E-state index contributed by atoms with van der Waals surface area (Å²) in [5, 5.41) is 19.4. The molecule has 0 heterocycles. The van der Waals surface area contributed by atoms with E-state index in [0.29, 0.717) is 0 Å². The van der Waals surface area contributed by atoms with Crippen LogP contribution in [0.3, 0.4) is 0 Å². The third-order valence-electron chi connectivity index (χ3n) is 4.09. The molecule has 22 heavy (non-hydrogen) atoms. The van der Waals surface area contributed by atoms with E-state index in [9.17, 15) is 15.0 Å². The lowest BCUT2D eigenvalue weighted by atomic mass is 9.94. The predicted octanol–water partition coefficient (Wildman–Crippen LogP) is 5.36. The molecule has 0 aromatic heterocycles. The second-order valence-electron chi connectivity index (χ2n) is 6.88. The number of carboxylic acid groups (broad SMARTS) is 1. The van der Waals surface area contributed by atoms with Gasteiger partial charge in [0.25, 0.3) is 0 Å². The van der Waals surface area contributed by atoms with Gasteiger partial charge >= 0.3 is 5.97 Å². The van der Waals surface area contributed by atoms with Crippen LogP contribution < -0.4 is 0 Å². The molecule has 0 aliphatic carbocycles. The monoisotopic (exact) mass is 306 g/mol. The summed E-state index contributed by atoms with van der Waals surface area (Å²) in [6.45, 7) is 8.55. The Kier molecular flexibility index (Phi) is 7.43. The molecule has 3 nitrogen and oxygen atoms in total. The van der Waals surface area contributed by atoms with Gasteiger partial charge in [-0.15, -0.1) is 0 Å². The zero-order chi connectivity index (χ0) is 16.7. The van der Waals surface area contributed by atoms with Gasteiger partial charge in [0.1, 0.15) is 11.3 Å². The molecule has 0 amide bonds. The summed E-state index contributed by atoms with van der Waals surface area (Å²) in [5.41, 5.74) is 1.78. The first-order valence-corrected chi connectivity index (χ1v) is 8.42. The van der Waals surface area contributed by atoms with Gasteiger partial charge in [0.15, 0.2) is 0 Å². The molecule has 0 atom stereocenters. The zero-order valence-electron chi connectivity index (χ0n) is 14.4. The second-order valence-corrected chi connectivity index (χ2v) is 6.88. The van der Waals surface area contributed by atoms with Crippen molar-refractivity contribution in [2.45, 2.75) is 72.1 Å². The van der Waals surface area contributed by atoms with Crippen LogP contribution in [0.1, 0.15) is 87.2 Å². The Morgan fingerprint density at radius 3 is 2.23 bits per heavy atom. The van der Waals surface area contributed by atoms with Crippen molar-refractivity contribution in [3.8, 4) is 5.75 Å². The van der Waals surface area contributed by atoms with Crippen LogP contribution in [-0.2, 0) is 6.42 Å². The number of phenols is 1. The van der Waals surface area contributed by atoms with Crippen molar-refractivity contribution >= 4 is 5.97 Å². The van der Waals surface area contributed by atoms with Crippen molar-refractivity contribution in [1.29, 1.82) is 0 Å². The number of aromatic carboxylic acids is 1.